The Balaban J connectivity index is 4.90. The fraction of sp³-hybridized carbons (Fsp3) is 0.875. The number of ether oxygens (including phenoxy) is 1. The topological polar surface area (TPSA) is 52.6 Å². The number of carbonyl (C=O) groups excluding carboxylic acids is 2. The van der Waals surface area contributed by atoms with E-state index in [0.29, 0.717) is 0 Å². The van der Waals surface area contributed by atoms with Crippen LogP contribution in [-0.2, 0) is 18.8 Å². The highest BCUT2D eigenvalue weighted by Gasteiger charge is 2.40. The first-order chi connectivity index (χ1) is 9.14. The predicted octanol–water partition coefficient (Wildman–Crippen LogP) is 4.09. The van der Waals surface area contributed by atoms with Crippen LogP contribution in [0, 0.1) is 0 Å². The second kappa shape index (κ2) is 7.05. The van der Waals surface area contributed by atoms with Crippen LogP contribution in [0.3, 0.4) is 0 Å². The lowest BCUT2D eigenvalue weighted by Crippen LogP contribution is -2.45. The first kappa shape index (κ1) is 20.3. The predicted molar refractivity (Wildman–Crippen MR) is 87.8 cm³/mol. The standard InChI is InChI=1S/C16H32O4Si/c1-12(17)10-13(11-14(18)19-15(2,3)4)20-21(8,9)16(5,6)7/h13H,10-11H2,1-9H3/t13-/m1/s1. The number of rotatable bonds is 6. The van der Waals surface area contributed by atoms with Crippen LogP contribution >= 0.6 is 0 Å². The molecule has 0 aromatic rings. The summed E-state index contributed by atoms with van der Waals surface area (Å²) in [5.41, 5.74) is -0.519. The molecule has 0 bridgehead atoms. The van der Waals surface area contributed by atoms with Gasteiger partial charge in [-0.1, -0.05) is 20.8 Å². The van der Waals surface area contributed by atoms with Gasteiger partial charge in [0.1, 0.15) is 11.4 Å². The van der Waals surface area contributed by atoms with Gasteiger partial charge in [0.15, 0.2) is 8.32 Å². The van der Waals surface area contributed by atoms with Crippen molar-refractivity contribution < 1.29 is 18.8 Å². The van der Waals surface area contributed by atoms with E-state index in [2.05, 4.69) is 33.9 Å². The van der Waals surface area contributed by atoms with Gasteiger partial charge in [-0.15, -0.1) is 0 Å². The third-order valence-corrected chi connectivity index (χ3v) is 8.13. The van der Waals surface area contributed by atoms with Gasteiger partial charge in [0.2, 0.25) is 0 Å². The molecule has 0 aliphatic carbocycles. The van der Waals surface area contributed by atoms with Crippen molar-refractivity contribution in [3.05, 3.63) is 0 Å². The third kappa shape index (κ3) is 8.36. The van der Waals surface area contributed by atoms with Crippen LogP contribution in [0.4, 0.5) is 0 Å². The molecule has 4 nitrogen and oxygen atoms in total. The SMILES string of the molecule is CC(=O)C[C@H](CC(=O)OC(C)(C)C)O[Si](C)(C)C(C)(C)C. The quantitative estimate of drug-likeness (QED) is 0.547. The zero-order valence-corrected chi connectivity index (χ0v) is 16.1. The van der Waals surface area contributed by atoms with Crippen molar-refractivity contribution >= 4 is 20.1 Å². The van der Waals surface area contributed by atoms with Crippen LogP contribution < -0.4 is 0 Å². The normalized spacial score (nSPS) is 14.7. The minimum absolute atomic E-state index is 0.0299. The highest BCUT2D eigenvalue weighted by Crippen LogP contribution is 2.38. The Morgan fingerprint density at radius 3 is 1.81 bits per heavy atom. The molecule has 0 aliphatic heterocycles. The monoisotopic (exact) mass is 316 g/mol. The second-order valence-corrected chi connectivity index (χ2v) is 13.0. The maximum Gasteiger partial charge on any atom is 0.308 e. The average molecular weight is 317 g/mol. The van der Waals surface area contributed by atoms with Crippen molar-refractivity contribution in [3.63, 3.8) is 0 Å². The number of carbonyl (C=O) groups is 2. The first-order valence-corrected chi connectivity index (χ1v) is 10.4. The Kier molecular flexibility index (Phi) is 6.82. The molecular formula is C16H32O4Si. The van der Waals surface area contributed by atoms with Gasteiger partial charge in [0.05, 0.1) is 12.5 Å². The summed E-state index contributed by atoms with van der Waals surface area (Å²) in [7, 11) is -2.02. The van der Waals surface area contributed by atoms with E-state index in [-0.39, 0.29) is 29.6 Å². The molecule has 0 radical (unpaired) electrons. The Labute approximate surface area is 130 Å². The zero-order valence-electron chi connectivity index (χ0n) is 15.1. The fourth-order valence-corrected chi connectivity index (χ4v) is 2.99. The van der Waals surface area contributed by atoms with Crippen LogP contribution in [0.1, 0.15) is 61.3 Å². The number of Topliss-reactive ketones (excluding diaryl/α,β-unsaturated/α-hetero) is 1. The van der Waals surface area contributed by atoms with Crippen molar-refractivity contribution in [2.45, 2.75) is 91.1 Å². The molecule has 0 saturated heterocycles. The van der Waals surface area contributed by atoms with Gasteiger partial charge in [-0.3, -0.25) is 9.59 Å². The largest absolute Gasteiger partial charge is 0.460 e. The number of hydrogen-bond acceptors (Lipinski definition) is 4. The van der Waals surface area contributed by atoms with E-state index in [0.717, 1.165) is 0 Å². The van der Waals surface area contributed by atoms with Gasteiger partial charge < -0.3 is 9.16 Å². The van der Waals surface area contributed by atoms with E-state index < -0.39 is 20.0 Å². The molecule has 0 amide bonds. The summed E-state index contributed by atoms with van der Waals surface area (Å²) >= 11 is 0. The van der Waals surface area contributed by atoms with Crippen LogP contribution in [0.2, 0.25) is 18.1 Å². The molecule has 21 heavy (non-hydrogen) atoms. The Bertz CT molecular complexity index is 375. The maximum atomic E-state index is 12.0. The molecule has 1 atom stereocenters. The Morgan fingerprint density at radius 1 is 1.00 bits per heavy atom. The minimum atomic E-state index is -2.02. The molecule has 0 N–H and O–H groups in total. The van der Waals surface area contributed by atoms with Gasteiger partial charge in [-0.25, -0.2) is 0 Å². The van der Waals surface area contributed by atoms with Gasteiger partial charge in [-0.2, -0.15) is 0 Å². The third-order valence-electron chi connectivity index (χ3n) is 3.60. The molecule has 0 unspecified atom stereocenters. The van der Waals surface area contributed by atoms with E-state index in [4.69, 9.17) is 9.16 Å². The van der Waals surface area contributed by atoms with Crippen LogP contribution in [0.25, 0.3) is 0 Å². The maximum absolute atomic E-state index is 12.0. The van der Waals surface area contributed by atoms with E-state index in [1.54, 1.807) is 0 Å². The number of hydrogen-bond donors (Lipinski definition) is 0. The smallest absolute Gasteiger partial charge is 0.308 e. The summed E-state index contributed by atoms with van der Waals surface area (Å²) in [5, 5.41) is 0.0377. The first-order valence-electron chi connectivity index (χ1n) is 7.53. The lowest BCUT2D eigenvalue weighted by Gasteiger charge is -2.39. The summed E-state index contributed by atoms with van der Waals surface area (Å²) in [4.78, 5) is 23.4. The molecule has 0 spiro atoms. The van der Waals surface area contributed by atoms with Crippen molar-refractivity contribution in [2.75, 3.05) is 0 Å². The molecule has 5 heteroatoms. The van der Waals surface area contributed by atoms with Crippen LogP contribution in [-0.4, -0.2) is 31.8 Å². The molecular weight excluding hydrogens is 284 g/mol. The summed E-state index contributed by atoms with van der Waals surface area (Å²) < 4.78 is 11.6. The van der Waals surface area contributed by atoms with Gasteiger partial charge in [0, 0.05) is 6.42 Å². The van der Waals surface area contributed by atoms with Gasteiger partial charge in [0.25, 0.3) is 0 Å². The lowest BCUT2D eigenvalue weighted by molar-refractivity contribution is -0.156. The van der Waals surface area contributed by atoms with Crippen molar-refractivity contribution in [2.24, 2.45) is 0 Å². The molecule has 0 rings (SSSR count). The Morgan fingerprint density at radius 2 is 1.48 bits per heavy atom. The summed E-state index contributed by atoms with van der Waals surface area (Å²) in [6, 6.07) is 0. The highest BCUT2D eigenvalue weighted by atomic mass is 28.4. The summed E-state index contributed by atoms with van der Waals surface area (Å²) in [6.07, 6.45) is -0.00648. The van der Waals surface area contributed by atoms with Crippen LogP contribution in [0.5, 0.6) is 0 Å². The minimum Gasteiger partial charge on any atom is -0.460 e. The van der Waals surface area contributed by atoms with E-state index in [9.17, 15) is 9.59 Å². The van der Waals surface area contributed by atoms with E-state index in [1.807, 2.05) is 20.8 Å². The zero-order chi connectivity index (χ0) is 17.1. The van der Waals surface area contributed by atoms with E-state index >= 15 is 0 Å². The highest BCUT2D eigenvalue weighted by molar-refractivity contribution is 6.74. The molecule has 124 valence electrons. The fourth-order valence-electron chi connectivity index (χ4n) is 1.64. The Hall–Kier alpha value is -0.683. The lowest BCUT2D eigenvalue weighted by atomic mass is 10.1. The van der Waals surface area contributed by atoms with Gasteiger partial charge >= 0.3 is 5.97 Å². The summed E-state index contributed by atoms with van der Waals surface area (Å²) in [5.74, 6) is -0.283. The molecule has 0 fully saturated rings. The van der Waals surface area contributed by atoms with Gasteiger partial charge in [-0.05, 0) is 45.8 Å². The number of esters is 1. The molecule has 0 aromatic carbocycles. The molecule has 0 heterocycles. The average Bonchev–Trinajstić information content (AvgIpc) is 2.08. The molecule has 0 aliphatic rings. The van der Waals surface area contributed by atoms with Crippen molar-refractivity contribution in [1.82, 2.24) is 0 Å². The molecule has 0 aromatic heterocycles. The molecule has 0 saturated carbocycles. The van der Waals surface area contributed by atoms with E-state index in [1.165, 1.54) is 6.92 Å². The van der Waals surface area contributed by atoms with Crippen molar-refractivity contribution in [3.8, 4) is 0 Å². The number of ketones is 1. The second-order valence-electron chi connectivity index (χ2n) is 8.20. The van der Waals surface area contributed by atoms with Crippen LogP contribution in [0.15, 0.2) is 0 Å². The summed E-state index contributed by atoms with van der Waals surface area (Å²) in [6.45, 7) is 17.7. The van der Waals surface area contributed by atoms with Crippen molar-refractivity contribution in [1.29, 1.82) is 0 Å².